The second-order valence-electron chi connectivity index (χ2n) is 17.8. The molecule has 0 saturated heterocycles. The third-order valence-electron chi connectivity index (χ3n) is 11.5. The lowest BCUT2D eigenvalue weighted by Crippen LogP contribution is -2.30. The van der Waals surface area contributed by atoms with Gasteiger partial charge < -0.3 is 14.2 Å². The fourth-order valence-corrected chi connectivity index (χ4v) is 7.53. The van der Waals surface area contributed by atoms with E-state index in [1.165, 1.54) is 128 Å². The van der Waals surface area contributed by atoms with Gasteiger partial charge in [0.2, 0.25) is 0 Å². The predicted octanol–water partition coefficient (Wildman–Crippen LogP) is 17.6. The van der Waals surface area contributed by atoms with Gasteiger partial charge in [-0.1, -0.05) is 242 Å². The van der Waals surface area contributed by atoms with Crippen molar-refractivity contribution in [2.75, 3.05) is 13.2 Å². The molecule has 0 aliphatic carbocycles. The van der Waals surface area contributed by atoms with Gasteiger partial charge in [-0.2, -0.15) is 0 Å². The van der Waals surface area contributed by atoms with Crippen LogP contribution in [0, 0.1) is 0 Å². The van der Waals surface area contributed by atoms with Crippen molar-refractivity contribution < 1.29 is 28.6 Å². The van der Waals surface area contributed by atoms with E-state index in [1.807, 2.05) is 0 Å². The summed E-state index contributed by atoms with van der Waals surface area (Å²) in [5.41, 5.74) is 0. The molecule has 0 N–H and O–H groups in total. The number of hydrogen-bond donors (Lipinski definition) is 0. The first kappa shape index (κ1) is 60.1. The lowest BCUT2D eigenvalue weighted by Gasteiger charge is -2.18. The highest BCUT2D eigenvalue weighted by Gasteiger charge is 2.19. The van der Waals surface area contributed by atoms with E-state index in [1.54, 1.807) is 0 Å². The van der Waals surface area contributed by atoms with Crippen LogP contribution in [0.5, 0.6) is 0 Å². The molecule has 63 heavy (non-hydrogen) atoms. The molecule has 0 aromatic carbocycles. The summed E-state index contributed by atoms with van der Waals surface area (Å²) in [5, 5.41) is 0. The van der Waals surface area contributed by atoms with E-state index >= 15 is 0 Å². The van der Waals surface area contributed by atoms with Crippen LogP contribution in [0.1, 0.15) is 265 Å². The summed E-state index contributed by atoms with van der Waals surface area (Å²) in [6, 6.07) is 0. The van der Waals surface area contributed by atoms with E-state index in [2.05, 4.69) is 81.5 Å². The number of esters is 3. The van der Waals surface area contributed by atoms with Crippen molar-refractivity contribution in [2.45, 2.75) is 271 Å². The van der Waals surface area contributed by atoms with Gasteiger partial charge in [0.05, 0.1) is 0 Å². The molecule has 0 bridgehead atoms. The van der Waals surface area contributed by atoms with Crippen molar-refractivity contribution in [3.05, 3.63) is 60.8 Å². The molecule has 0 aromatic heterocycles. The van der Waals surface area contributed by atoms with E-state index in [0.29, 0.717) is 19.3 Å². The van der Waals surface area contributed by atoms with Crippen molar-refractivity contribution in [1.82, 2.24) is 0 Å². The van der Waals surface area contributed by atoms with E-state index < -0.39 is 6.10 Å². The maximum atomic E-state index is 12.7. The molecule has 0 heterocycles. The van der Waals surface area contributed by atoms with Crippen LogP contribution >= 0.6 is 0 Å². The predicted molar refractivity (Wildman–Crippen MR) is 270 cm³/mol. The van der Waals surface area contributed by atoms with Crippen molar-refractivity contribution in [1.29, 1.82) is 0 Å². The molecule has 0 amide bonds. The third kappa shape index (κ3) is 50.0. The minimum atomic E-state index is -0.770. The first-order valence-corrected chi connectivity index (χ1v) is 26.8. The first-order chi connectivity index (χ1) is 31.0. The molecule has 0 saturated carbocycles. The third-order valence-corrected chi connectivity index (χ3v) is 11.5. The average molecular weight is 881 g/mol. The highest BCUT2D eigenvalue weighted by atomic mass is 16.6. The zero-order chi connectivity index (χ0) is 45.8. The molecule has 0 aliphatic heterocycles. The summed E-state index contributed by atoms with van der Waals surface area (Å²) in [5.74, 6) is -0.875. The maximum Gasteiger partial charge on any atom is 0.306 e. The number of rotatable bonds is 48. The fourth-order valence-electron chi connectivity index (χ4n) is 7.53. The number of carbonyl (C=O) groups is 3. The monoisotopic (exact) mass is 881 g/mol. The Kier molecular flexibility index (Phi) is 49.4. The van der Waals surface area contributed by atoms with Crippen LogP contribution in [-0.2, 0) is 28.6 Å². The Morgan fingerprint density at radius 3 is 0.968 bits per heavy atom. The quantitative estimate of drug-likeness (QED) is 0.0262. The lowest BCUT2D eigenvalue weighted by molar-refractivity contribution is -0.167. The van der Waals surface area contributed by atoms with Crippen molar-refractivity contribution in [3.8, 4) is 0 Å². The van der Waals surface area contributed by atoms with Gasteiger partial charge in [0.1, 0.15) is 13.2 Å². The molecule has 6 heteroatoms. The number of unbranched alkanes of at least 4 members (excludes halogenated alkanes) is 27. The fraction of sp³-hybridized carbons (Fsp3) is 0.772. The van der Waals surface area contributed by atoms with E-state index in [9.17, 15) is 14.4 Å². The standard InChI is InChI=1S/C57H100O6/c1-4-7-10-13-16-19-22-23-24-25-26-27-28-29-30-31-32-33-34-35-36-39-41-44-47-50-56(59)62-53-54(63-57(60)51-48-45-42-38-21-18-15-12-9-6-3)52-61-55(58)49-46-43-40-37-20-17-14-11-8-5-2/h7,10,16,19,23-24,26-27,29-30,54H,4-6,8-9,11-15,17-18,20-22,25,28,31-53H2,1-3H3/b10-7-,19-16-,24-23-,27-26-,30-29-. The van der Waals surface area contributed by atoms with Crippen LogP contribution in [0.3, 0.4) is 0 Å². The Bertz CT molecular complexity index is 1150. The van der Waals surface area contributed by atoms with Gasteiger partial charge in [-0.25, -0.2) is 0 Å². The molecule has 6 nitrogen and oxygen atoms in total. The van der Waals surface area contributed by atoms with Crippen molar-refractivity contribution in [3.63, 3.8) is 0 Å². The smallest absolute Gasteiger partial charge is 0.306 e. The van der Waals surface area contributed by atoms with E-state index in [0.717, 1.165) is 96.3 Å². The van der Waals surface area contributed by atoms with Crippen LogP contribution in [0.25, 0.3) is 0 Å². The number of ether oxygens (including phenoxy) is 3. The molecular weight excluding hydrogens is 781 g/mol. The van der Waals surface area contributed by atoms with Crippen LogP contribution in [-0.4, -0.2) is 37.2 Å². The molecule has 0 aromatic rings. The van der Waals surface area contributed by atoms with Crippen LogP contribution in [0.15, 0.2) is 60.8 Å². The van der Waals surface area contributed by atoms with Gasteiger partial charge in [0.15, 0.2) is 6.10 Å². The largest absolute Gasteiger partial charge is 0.462 e. The lowest BCUT2D eigenvalue weighted by atomic mass is 10.1. The number of allylic oxidation sites excluding steroid dienone is 10. The zero-order valence-electron chi connectivity index (χ0n) is 41.6. The molecule has 0 rings (SSSR count). The summed E-state index contributed by atoms with van der Waals surface area (Å²) in [6.07, 6.45) is 63.6. The minimum Gasteiger partial charge on any atom is -0.462 e. The summed E-state index contributed by atoms with van der Waals surface area (Å²) >= 11 is 0. The molecule has 364 valence electrons. The van der Waals surface area contributed by atoms with Crippen LogP contribution in [0.4, 0.5) is 0 Å². The van der Waals surface area contributed by atoms with Gasteiger partial charge in [-0.05, 0) is 64.2 Å². The minimum absolute atomic E-state index is 0.0724. The molecule has 1 atom stereocenters. The van der Waals surface area contributed by atoms with Crippen molar-refractivity contribution in [2.24, 2.45) is 0 Å². The van der Waals surface area contributed by atoms with E-state index in [-0.39, 0.29) is 31.1 Å². The van der Waals surface area contributed by atoms with Crippen LogP contribution < -0.4 is 0 Å². The highest BCUT2D eigenvalue weighted by molar-refractivity contribution is 5.71. The molecular formula is C57H100O6. The second-order valence-corrected chi connectivity index (χ2v) is 17.8. The summed E-state index contributed by atoms with van der Waals surface area (Å²) in [7, 11) is 0. The Hall–Kier alpha value is -2.89. The van der Waals surface area contributed by atoms with Gasteiger partial charge in [-0.15, -0.1) is 0 Å². The van der Waals surface area contributed by atoms with Gasteiger partial charge in [-0.3, -0.25) is 14.4 Å². The Balaban J connectivity index is 4.19. The molecule has 0 fully saturated rings. The molecule has 0 aliphatic rings. The zero-order valence-corrected chi connectivity index (χ0v) is 41.6. The Morgan fingerprint density at radius 1 is 0.333 bits per heavy atom. The highest BCUT2D eigenvalue weighted by Crippen LogP contribution is 2.15. The molecule has 0 radical (unpaired) electrons. The maximum absolute atomic E-state index is 12.7. The van der Waals surface area contributed by atoms with Gasteiger partial charge >= 0.3 is 17.9 Å². The number of carbonyl (C=O) groups excluding carboxylic acids is 3. The average Bonchev–Trinajstić information content (AvgIpc) is 3.28. The number of hydrogen-bond acceptors (Lipinski definition) is 6. The van der Waals surface area contributed by atoms with Gasteiger partial charge in [0.25, 0.3) is 0 Å². The topological polar surface area (TPSA) is 78.9 Å². The SMILES string of the molecule is CC/C=C\C/C=C\C/C=C\C/C=C\C/C=C\CCCCCCCCCCCC(=O)OCC(COC(=O)CCCCCCCCCCCC)OC(=O)CCCCCCCCCCCC. The van der Waals surface area contributed by atoms with Crippen molar-refractivity contribution >= 4 is 17.9 Å². The second kappa shape index (κ2) is 51.7. The molecule has 0 spiro atoms. The summed E-state index contributed by atoms with van der Waals surface area (Å²) < 4.78 is 16.8. The molecule has 1 unspecified atom stereocenters. The normalized spacial score (nSPS) is 12.5. The van der Waals surface area contributed by atoms with E-state index in [4.69, 9.17) is 14.2 Å². The Morgan fingerprint density at radius 2 is 0.619 bits per heavy atom. The Labute approximate surface area is 390 Å². The van der Waals surface area contributed by atoms with Gasteiger partial charge in [0, 0.05) is 19.3 Å². The summed E-state index contributed by atoms with van der Waals surface area (Å²) in [4.78, 5) is 37.9. The first-order valence-electron chi connectivity index (χ1n) is 26.8. The summed E-state index contributed by atoms with van der Waals surface area (Å²) in [6.45, 7) is 6.50. The van der Waals surface area contributed by atoms with Crippen LogP contribution in [0.2, 0.25) is 0 Å².